The van der Waals surface area contributed by atoms with Crippen molar-refractivity contribution >= 4 is 17.6 Å². The lowest BCUT2D eigenvalue weighted by molar-refractivity contribution is -0.116. The van der Waals surface area contributed by atoms with Gasteiger partial charge in [0.15, 0.2) is 0 Å². The third-order valence-electron chi connectivity index (χ3n) is 3.54. The van der Waals surface area contributed by atoms with Crippen LogP contribution in [0.25, 0.3) is 0 Å². The highest BCUT2D eigenvalue weighted by molar-refractivity contribution is 6.45. The van der Waals surface area contributed by atoms with E-state index in [1.165, 1.54) is 12.1 Å². The molecule has 0 aliphatic heterocycles. The van der Waals surface area contributed by atoms with Gasteiger partial charge in [-0.1, -0.05) is 48.5 Å². The number of imide groups is 1. The van der Waals surface area contributed by atoms with Crippen molar-refractivity contribution in [1.29, 1.82) is 0 Å². The molecule has 0 fully saturated rings. The molecule has 0 radical (unpaired) electrons. The van der Waals surface area contributed by atoms with Crippen molar-refractivity contribution in [1.82, 2.24) is 5.32 Å². The molecule has 0 aliphatic rings. The van der Waals surface area contributed by atoms with Gasteiger partial charge in [0, 0.05) is 11.1 Å². The van der Waals surface area contributed by atoms with Gasteiger partial charge in [0.05, 0.1) is 0 Å². The van der Waals surface area contributed by atoms with Crippen LogP contribution in [0.15, 0.2) is 84.9 Å². The summed E-state index contributed by atoms with van der Waals surface area (Å²) >= 11 is 0. The molecule has 0 bridgehead atoms. The maximum absolute atomic E-state index is 12.3. The van der Waals surface area contributed by atoms with Crippen molar-refractivity contribution in [3.05, 3.63) is 96.1 Å². The van der Waals surface area contributed by atoms with E-state index in [4.69, 9.17) is 4.74 Å². The number of rotatable bonds is 5. The van der Waals surface area contributed by atoms with Crippen molar-refractivity contribution in [2.24, 2.45) is 0 Å². The lowest BCUT2D eigenvalue weighted by Crippen LogP contribution is -2.36. The van der Waals surface area contributed by atoms with Gasteiger partial charge in [-0.05, 0) is 36.4 Å². The largest absolute Gasteiger partial charge is 0.457 e. The first-order chi connectivity index (χ1) is 12.6. The molecule has 2 amide bonds. The molecule has 128 valence electrons. The summed E-state index contributed by atoms with van der Waals surface area (Å²) in [4.78, 5) is 36.4. The first-order valence-corrected chi connectivity index (χ1v) is 7.91. The zero-order valence-corrected chi connectivity index (χ0v) is 13.7. The standard InChI is InChI=1S/C21H15NO4/c23-19(21(25)22-20(24)15-8-3-1-4-9-15)16-10-7-13-18(14-16)26-17-11-5-2-6-12-17/h1-14H,(H,22,24,25). The molecule has 26 heavy (non-hydrogen) atoms. The number of benzene rings is 3. The molecule has 3 aromatic rings. The van der Waals surface area contributed by atoms with Crippen molar-refractivity contribution < 1.29 is 19.1 Å². The fourth-order valence-corrected chi connectivity index (χ4v) is 2.28. The zero-order chi connectivity index (χ0) is 18.4. The fourth-order valence-electron chi connectivity index (χ4n) is 2.28. The van der Waals surface area contributed by atoms with E-state index >= 15 is 0 Å². The molecule has 0 atom stereocenters. The predicted molar refractivity (Wildman–Crippen MR) is 96.2 cm³/mol. The van der Waals surface area contributed by atoms with Crippen LogP contribution in [-0.2, 0) is 4.79 Å². The Morgan fingerprint density at radius 3 is 1.92 bits per heavy atom. The van der Waals surface area contributed by atoms with Crippen LogP contribution in [0.5, 0.6) is 11.5 Å². The summed E-state index contributed by atoms with van der Waals surface area (Å²) in [5.41, 5.74) is 0.437. The third kappa shape index (κ3) is 4.21. The van der Waals surface area contributed by atoms with Crippen molar-refractivity contribution in [3.63, 3.8) is 0 Å². The maximum atomic E-state index is 12.3. The van der Waals surface area contributed by atoms with Crippen molar-refractivity contribution in [2.75, 3.05) is 0 Å². The molecule has 5 nitrogen and oxygen atoms in total. The van der Waals surface area contributed by atoms with Gasteiger partial charge in [-0.2, -0.15) is 0 Å². The van der Waals surface area contributed by atoms with Gasteiger partial charge in [0.2, 0.25) is 0 Å². The third-order valence-corrected chi connectivity index (χ3v) is 3.54. The molecule has 3 aromatic carbocycles. The molecule has 3 rings (SSSR count). The second-order valence-corrected chi connectivity index (χ2v) is 5.42. The molecule has 0 spiro atoms. The SMILES string of the molecule is O=C(NC(=O)c1ccccc1)C(=O)c1cccc(Oc2ccccc2)c1. The lowest BCUT2D eigenvalue weighted by atomic mass is 10.1. The maximum Gasteiger partial charge on any atom is 0.299 e. The highest BCUT2D eigenvalue weighted by atomic mass is 16.5. The number of hydrogen-bond donors (Lipinski definition) is 1. The number of ketones is 1. The Kier molecular flexibility index (Phi) is 5.19. The Balaban J connectivity index is 1.70. The summed E-state index contributed by atoms with van der Waals surface area (Å²) in [5, 5.41) is 2.10. The fraction of sp³-hybridized carbons (Fsp3) is 0. The summed E-state index contributed by atoms with van der Waals surface area (Å²) in [5.74, 6) is -1.39. The smallest absolute Gasteiger partial charge is 0.299 e. The first kappa shape index (κ1) is 17.1. The molecule has 0 heterocycles. The molecule has 1 N–H and O–H groups in total. The van der Waals surface area contributed by atoms with E-state index in [2.05, 4.69) is 5.32 Å². The van der Waals surface area contributed by atoms with E-state index in [1.54, 1.807) is 54.6 Å². The molecule has 0 aliphatic carbocycles. The van der Waals surface area contributed by atoms with Gasteiger partial charge in [-0.15, -0.1) is 0 Å². The summed E-state index contributed by atoms with van der Waals surface area (Å²) in [6, 6.07) is 23.5. The topological polar surface area (TPSA) is 72.5 Å². The molecule has 0 saturated heterocycles. The summed E-state index contributed by atoms with van der Waals surface area (Å²) < 4.78 is 5.65. The second kappa shape index (κ2) is 7.90. The average molecular weight is 345 g/mol. The lowest BCUT2D eigenvalue weighted by Gasteiger charge is -2.07. The first-order valence-electron chi connectivity index (χ1n) is 7.91. The van der Waals surface area contributed by atoms with Crippen molar-refractivity contribution in [2.45, 2.75) is 0 Å². The zero-order valence-electron chi connectivity index (χ0n) is 13.7. The summed E-state index contributed by atoms with van der Waals surface area (Å²) in [6.07, 6.45) is 0. The van der Waals surface area contributed by atoms with Crippen LogP contribution in [0.3, 0.4) is 0 Å². The van der Waals surface area contributed by atoms with E-state index in [-0.39, 0.29) is 5.56 Å². The van der Waals surface area contributed by atoms with Gasteiger partial charge >= 0.3 is 0 Å². The normalized spacial score (nSPS) is 10.0. The van der Waals surface area contributed by atoms with Crippen LogP contribution in [0.4, 0.5) is 0 Å². The highest BCUT2D eigenvalue weighted by Crippen LogP contribution is 2.22. The van der Waals surface area contributed by atoms with Gasteiger partial charge in [0.1, 0.15) is 11.5 Å². The number of carbonyl (C=O) groups is 3. The monoisotopic (exact) mass is 345 g/mol. The summed E-state index contributed by atoms with van der Waals surface area (Å²) in [6.45, 7) is 0. The van der Waals surface area contributed by atoms with Crippen LogP contribution in [0.1, 0.15) is 20.7 Å². The van der Waals surface area contributed by atoms with Gasteiger partial charge < -0.3 is 4.74 Å². The van der Waals surface area contributed by atoms with Gasteiger partial charge in [-0.3, -0.25) is 19.7 Å². The molecule has 0 aromatic heterocycles. The van der Waals surface area contributed by atoms with Crippen LogP contribution in [0, 0.1) is 0 Å². The van der Waals surface area contributed by atoms with Crippen LogP contribution >= 0.6 is 0 Å². The van der Waals surface area contributed by atoms with Gasteiger partial charge in [0.25, 0.3) is 17.6 Å². The minimum atomic E-state index is -0.990. The number of amides is 2. The molecule has 5 heteroatoms. The number of hydrogen-bond acceptors (Lipinski definition) is 4. The van der Waals surface area contributed by atoms with E-state index < -0.39 is 17.6 Å². The minimum Gasteiger partial charge on any atom is -0.457 e. The minimum absolute atomic E-state index is 0.136. The van der Waals surface area contributed by atoms with Crippen molar-refractivity contribution in [3.8, 4) is 11.5 Å². The van der Waals surface area contributed by atoms with E-state index in [0.717, 1.165) is 0 Å². The second-order valence-electron chi connectivity index (χ2n) is 5.42. The molecule has 0 unspecified atom stereocenters. The Bertz CT molecular complexity index is 936. The average Bonchev–Trinajstić information content (AvgIpc) is 2.69. The van der Waals surface area contributed by atoms with E-state index in [0.29, 0.717) is 17.1 Å². The number of para-hydroxylation sites is 1. The number of Topliss-reactive ketones (excluding diaryl/α,β-unsaturated/α-hetero) is 1. The summed E-state index contributed by atoms with van der Waals surface area (Å²) in [7, 11) is 0. The molecular formula is C21H15NO4. The Hall–Kier alpha value is -3.73. The van der Waals surface area contributed by atoms with Crippen LogP contribution < -0.4 is 10.1 Å². The Labute approximate surface area is 150 Å². The quantitative estimate of drug-likeness (QED) is 0.566. The van der Waals surface area contributed by atoms with E-state index in [9.17, 15) is 14.4 Å². The number of ether oxygens (including phenoxy) is 1. The van der Waals surface area contributed by atoms with Gasteiger partial charge in [-0.25, -0.2) is 0 Å². The number of nitrogens with one attached hydrogen (secondary N) is 1. The van der Waals surface area contributed by atoms with Crippen LogP contribution in [-0.4, -0.2) is 17.6 Å². The van der Waals surface area contributed by atoms with Crippen LogP contribution in [0.2, 0.25) is 0 Å². The Morgan fingerprint density at radius 2 is 1.23 bits per heavy atom. The highest BCUT2D eigenvalue weighted by Gasteiger charge is 2.20. The Morgan fingerprint density at radius 1 is 0.654 bits per heavy atom. The van der Waals surface area contributed by atoms with E-state index in [1.807, 2.05) is 18.2 Å². The number of carbonyl (C=O) groups excluding carboxylic acids is 3. The predicted octanol–water partition coefficient (Wildman–Crippen LogP) is 3.62. The molecular weight excluding hydrogens is 330 g/mol. The molecule has 0 saturated carbocycles.